The Hall–Kier alpha value is -1.51. The summed E-state index contributed by atoms with van der Waals surface area (Å²) in [7, 11) is 1.65. The quantitative estimate of drug-likeness (QED) is 0.303. The molecule has 0 radical (unpaired) electrons. The van der Waals surface area contributed by atoms with Gasteiger partial charge in [0, 0.05) is 7.05 Å². The van der Waals surface area contributed by atoms with Crippen LogP contribution in [-0.2, 0) is 4.79 Å². The number of aldehydes is 1. The molecule has 13 heavy (non-hydrogen) atoms. The zero-order valence-corrected chi connectivity index (χ0v) is 8.37. The van der Waals surface area contributed by atoms with E-state index in [0.717, 1.165) is 0 Å². The van der Waals surface area contributed by atoms with E-state index in [9.17, 15) is 4.79 Å². The highest BCUT2D eigenvalue weighted by Gasteiger charge is 1.92. The number of hydrogen-bond acceptors (Lipinski definition) is 3. The molecule has 2 N–H and O–H groups in total. The van der Waals surface area contributed by atoms with Gasteiger partial charge in [0.05, 0.1) is 5.70 Å². The Morgan fingerprint density at radius 2 is 1.92 bits per heavy atom. The fourth-order valence-electron chi connectivity index (χ4n) is 0.521. The van der Waals surface area contributed by atoms with Crippen LogP contribution in [-0.4, -0.2) is 18.4 Å². The Bertz CT molecular complexity index is 205. The summed E-state index contributed by atoms with van der Waals surface area (Å²) in [6.45, 7) is 7.31. The maximum absolute atomic E-state index is 9.82. The second-order valence-corrected chi connectivity index (χ2v) is 1.80. The van der Waals surface area contributed by atoms with E-state index in [1.165, 1.54) is 12.2 Å². The predicted molar refractivity (Wildman–Crippen MR) is 55.5 cm³/mol. The van der Waals surface area contributed by atoms with Crippen molar-refractivity contribution in [3.63, 3.8) is 0 Å². The number of aliphatic hydroxyl groups is 1. The highest BCUT2D eigenvalue weighted by Crippen LogP contribution is 1.97. The maximum Gasteiger partial charge on any atom is 0.142 e. The molecule has 0 aliphatic rings. The third-order valence-electron chi connectivity index (χ3n) is 1.03. The van der Waals surface area contributed by atoms with Crippen molar-refractivity contribution in [2.24, 2.45) is 0 Å². The van der Waals surface area contributed by atoms with Crippen LogP contribution < -0.4 is 5.32 Å². The molecule has 0 amide bonds. The monoisotopic (exact) mass is 183 g/mol. The highest BCUT2D eigenvalue weighted by molar-refractivity contribution is 5.65. The minimum atomic E-state index is -0.0527. The van der Waals surface area contributed by atoms with Crippen LogP contribution in [0.4, 0.5) is 0 Å². The molecular weight excluding hydrogens is 166 g/mol. The van der Waals surface area contributed by atoms with Crippen LogP contribution >= 0.6 is 0 Å². The number of nitrogens with one attached hydrogen (secondary N) is 1. The minimum absolute atomic E-state index is 0.0527. The van der Waals surface area contributed by atoms with Gasteiger partial charge in [-0.1, -0.05) is 26.5 Å². The van der Waals surface area contributed by atoms with Gasteiger partial charge in [0.15, 0.2) is 0 Å². The molecule has 0 aromatic heterocycles. The Morgan fingerprint density at radius 3 is 2.23 bits per heavy atom. The summed E-state index contributed by atoms with van der Waals surface area (Å²) < 4.78 is 0. The van der Waals surface area contributed by atoms with Crippen LogP contribution in [0.2, 0.25) is 0 Å². The summed E-state index contributed by atoms with van der Waals surface area (Å²) in [5, 5.41) is 11.6. The number of aliphatic hydroxyl groups excluding tert-OH is 1. The maximum atomic E-state index is 9.82. The summed E-state index contributed by atoms with van der Waals surface area (Å²) in [6, 6.07) is 0. The molecule has 0 aliphatic heterocycles. The largest absolute Gasteiger partial charge is 0.506 e. The number of hydrogen-bond donors (Lipinski definition) is 2. The van der Waals surface area contributed by atoms with Crippen molar-refractivity contribution < 1.29 is 9.90 Å². The SMILES string of the molecule is C=C(O)/C(=C/C=C\C=O)NC.CC. The van der Waals surface area contributed by atoms with E-state index in [-0.39, 0.29) is 5.76 Å². The van der Waals surface area contributed by atoms with E-state index in [1.807, 2.05) is 13.8 Å². The number of allylic oxidation sites excluding steroid dienone is 3. The molecule has 0 aromatic carbocycles. The first-order valence-corrected chi connectivity index (χ1v) is 4.10. The van der Waals surface area contributed by atoms with Gasteiger partial charge >= 0.3 is 0 Å². The van der Waals surface area contributed by atoms with Crippen LogP contribution in [0.15, 0.2) is 36.3 Å². The molecule has 0 rings (SSSR count). The lowest BCUT2D eigenvalue weighted by molar-refractivity contribution is -0.104. The van der Waals surface area contributed by atoms with Crippen molar-refractivity contribution in [3.05, 3.63) is 36.3 Å². The lowest BCUT2D eigenvalue weighted by Gasteiger charge is -2.01. The molecule has 0 bridgehead atoms. The van der Waals surface area contributed by atoms with Crippen molar-refractivity contribution in [3.8, 4) is 0 Å². The van der Waals surface area contributed by atoms with Crippen LogP contribution in [0, 0.1) is 0 Å². The van der Waals surface area contributed by atoms with Gasteiger partial charge in [-0.05, 0) is 12.2 Å². The second kappa shape index (κ2) is 10.5. The van der Waals surface area contributed by atoms with Crippen LogP contribution in [0.1, 0.15) is 13.8 Å². The smallest absolute Gasteiger partial charge is 0.142 e. The van der Waals surface area contributed by atoms with Gasteiger partial charge in [0.25, 0.3) is 0 Å². The average molecular weight is 183 g/mol. The first kappa shape index (κ1) is 14.0. The Labute approximate surface area is 79.5 Å². The normalized spacial score (nSPS) is 10.2. The molecule has 0 aromatic rings. The molecule has 74 valence electrons. The molecule has 0 saturated heterocycles. The topological polar surface area (TPSA) is 49.3 Å². The third kappa shape index (κ3) is 8.40. The molecule has 3 heteroatoms. The minimum Gasteiger partial charge on any atom is -0.506 e. The van der Waals surface area contributed by atoms with Gasteiger partial charge in [0.1, 0.15) is 12.0 Å². The van der Waals surface area contributed by atoms with E-state index in [0.29, 0.717) is 12.0 Å². The lowest BCUT2D eigenvalue weighted by Crippen LogP contribution is -2.06. The van der Waals surface area contributed by atoms with Gasteiger partial charge in [-0.2, -0.15) is 0 Å². The van der Waals surface area contributed by atoms with Crippen LogP contribution in [0.5, 0.6) is 0 Å². The molecule has 0 unspecified atom stereocenters. The average Bonchev–Trinajstić information content (AvgIpc) is 2.15. The number of likely N-dealkylation sites (N-methyl/N-ethyl adjacent to an activating group) is 1. The fraction of sp³-hybridized carbons (Fsp3) is 0.300. The van der Waals surface area contributed by atoms with Crippen molar-refractivity contribution in [1.29, 1.82) is 0 Å². The standard InChI is InChI=1S/C8H11NO2.C2H6/c1-7(11)8(9-2)5-3-4-6-10;1-2/h3-6,9,11H,1H2,2H3;1-2H3/b4-3-,8-5-;. The molecule has 0 atom stereocenters. The first-order chi connectivity index (χ1) is 6.22. The zero-order valence-electron chi connectivity index (χ0n) is 8.37. The molecule has 0 spiro atoms. The summed E-state index contributed by atoms with van der Waals surface area (Å²) in [6.07, 6.45) is 5.04. The fourth-order valence-corrected chi connectivity index (χ4v) is 0.521. The van der Waals surface area contributed by atoms with Crippen molar-refractivity contribution in [2.75, 3.05) is 7.05 Å². The number of carbonyl (C=O) groups excluding carboxylic acids is 1. The van der Waals surface area contributed by atoms with Crippen molar-refractivity contribution >= 4 is 6.29 Å². The summed E-state index contributed by atoms with van der Waals surface area (Å²) in [5.41, 5.74) is 0.489. The molecule has 0 aliphatic carbocycles. The molecule has 0 fully saturated rings. The van der Waals surface area contributed by atoms with Gasteiger partial charge in [-0.3, -0.25) is 4.79 Å². The Kier molecular flexibility index (Phi) is 11.3. The molecular formula is C10H17NO2. The first-order valence-electron chi connectivity index (χ1n) is 4.10. The number of rotatable bonds is 4. The third-order valence-corrected chi connectivity index (χ3v) is 1.03. The van der Waals surface area contributed by atoms with E-state index < -0.39 is 0 Å². The Morgan fingerprint density at radius 1 is 1.38 bits per heavy atom. The highest BCUT2D eigenvalue weighted by atomic mass is 16.3. The van der Waals surface area contributed by atoms with Gasteiger partial charge in [0.2, 0.25) is 0 Å². The van der Waals surface area contributed by atoms with Gasteiger partial charge in [-0.25, -0.2) is 0 Å². The molecule has 0 saturated carbocycles. The summed E-state index contributed by atoms with van der Waals surface area (Å²) in [4.78, 5) is 9.82. The summed E-state index contributed by atoms with van der Waals surface area (Å²) in [5.74, 6) is -0.0527. The van der Waals surface area contributed by atoms with Gasteiger partial charge < -0.3 is 10.4 Å². The zero-order chi connectivity index (χ0) is 10.7. The number of carbonyl (C=O) groups is 1. The molecule has 0 heterocycles. The van der Waals surface area contributed by atoms with E-state index in [1.54, 1.807) is 13.1 Å². The van der Waals surface area contributed by atoms with E-state index in [2.05, 4.69) is 11.9 Å². The van der Waals surface area contributed by atoms with Crippen LogP contribution in [0.25, 0.3) is 0 Å². The van der Waals surface area contributed by atoms with Crippen molar-refractivity contribution in [2.45, 2.75) is 13.8 Å². The second-order valence-electron chi connectivity index (χ2n) is 1.80. The molecule has 3 nitrogen and oxygen atoms in total. The van der Waals surface area contributed by atoms with Gasteiger partial charge in [-0.15, -0.1) is 0 Å². The van der Waals surface area contributed by atoms with Crippen molar-refractivity contribution in [1.82, 2.24) is 5.32 Å². The predicted octanol–water partition coefficient (Wildman–Crippen LogP) is 1.94. The van der Waals surface area contributed by atoms with E-state index >= 15 is 0 Å². The Balaban J connectivity index is 0. The lowest BCUT2D eigenvalue weighted by atomic mass is 10.3. The summed E-state index contributed by atoms with van der Waals surface area (Å²) >= 11 is 0. The van der Waals surface area contributed by atoms with E-state index in [4.69, 9.17) is 5.11 Å². The van der Waals surface area contributed by atoms with Crippen LogP contribution in [0.3, 0.4) is 0 Å².